The molecule has 0 aliphatic rings. The molecule has 3 unspecified atom stereocenters. The van der Waals surface area contributed by atoms with Gasteiger partial charge in [0.05, 0.1) is 0 Å². The van der Waals surface area contributed by atoms with Gasteiger partial charge in [-0.15, -0.1) is 0 Å². The minimum Gasteiger partial charge on any atom is -0.475 e. The summed E-state index contributed by atoms with van der Waals surface area (Å²) in [5.74, 6) is -1.82. The van der Waals surface area contributed by atoms with Crippen LogP contribution >= 0.6 is 28.5 Å². The summed E-state index contributed by atoms with van der Waals surface area (Å²) >= 11 is 1.99. The van der Waals surface area contributed by atoms with Gasteiger partial charge in [-0.25, -0.2) is 0 Å². The van der Waals surface area contributed by atoms with Gasteiger partial charge in [0.25, 0.3) is 0 Å². The fourth-order valence-corrected chi connectivity index (χ4v) is 9.45. The molecule has 0 N–H and O–H groups in total. The van der Waals surface area contributed by atoms with Crippen molar-refractivity contribution >= 4 is 28.5 Å². The lowest BCUT2D eigenvalue weighted by Gasteiger charge is -2.27. The van der Waals surface area contributed by atoms with E-state index in [2.05, 4.69) is 19.7 Å². The molecule has 3 atom stereocenters. The lowest BCUT2D eigenvalue weighted by molar-refractivity contribution is 0.0566. The van der Waals surface area contributed by atoms with Crippen molar-refractivity contribution < 1.29 is 23.3 Å². The van der Waals surface area contributed by atoms with Gasteiger partial charge in [-0.2, -0.15) is 0 Å². The van der Waals surface area contributed by atoms with Crippen LogP contribution < -0.4 is 14.2 Å². The standard InChI is InChI=1S/C27H27O5PS2/c1-4-25(29-22-16-10-7-11-17-22)32-33(28,34-26(5-2)30-23-18-12-8-13-19-23)35-27(6-3)31-24-20-14-9-15-21-24/h4-21,25-27H,1-3H2. The molecule has 0 aromatic heterocycles. The molecule has 3 aromatic rings. The van der Waals surface area contributed by atoms with Crippen LogP contribution in [0.5, 0.6) is 17.2 Å². The quantitative estimate of drug-likeness (QED) is 0.112. The Morgan fingerprint density at radius 2 is 0.971 bits per heavy atom. The number of rotatable bonds is 15. The van der Waals surface area contributed by atoms with Gasteiger partial charge in [-0.3, -0.25) is 9.09 Å². The molecule has 0 aliphatic carbocycles. The molecule has 182 valence electrons. The minimum absolute atomic E-state index is 0.556. The van der Waals surface area contributed by atoms with Crippen LogP contribution in [0.3, 0.4) is 0 Å². The van der Waals surface area contributed by atoms with Crippen molar-refractivity contribution in [3.63, 3.8) is 0 Å². The van der Waals surface area contributed by atoms with Gasteiger partial charge in [0.2, 0.25) is 6.29 Å². The van der Waals surface area contributed by atoms with E-state index in [-0.39, 0.29) is 0 Å². The highest BCUT2D eigenvalue weighted by molar-refractivity contribution is 8.89. The molecule has 8 heteroatoms. The van der Waals surface area contributed by atoms with E-state index in [1.54, 1.807) is 24.3 Å². The first-order chi connectivity index (χ1) is 17.0. The summed E-state index contributed by atoms with van der Waals surface area (Å²) in [4.78, 5) is 0. The van der Waals surface area contributed by atoms with E-state index in [0.717, 1.165) is 22.8 Å². The van der Waals surface area contributed by atoms with Gasteiger partial charge >= 0.3 is 5.77 Å². The molecule has 0 aliphatic heterocycles. The van der Waals surface area contributed by atoms with E-state index < -0.39 is 22.9 Å². The Hall–Kier alpha value is -2.83. The topological polar surface area (TPSA) is 54.0 Å². The molecule has 0 saturated carbocycles. The molecule has 0 fully saturated rings. The Morgan fingerprint density at radius 1 is 0.600 bits per heavy atom. The first kappa shape index (κ1) is 26.8. The molecule has 5 nitrogen and oxygen atoms in total. The lowest BCUT2D eigenvalue weighted by Crippen LogP contribution is -2.18. The van der Waals surface area contributed by atoms with Crippen LogP contribution in [0.15, 0.2) is 129 Å². The fraction of sp³-hybridized carbons (Fsp3) is 0.111. The average molecular weight is 527 g/mol. The molecule has 3 rings (SSSR count). The third-order valence-electron chi connectivity index (χ3n) is 4.26. The predicted molar refractivity (Wildman–Crippen MR) is 147 cm³/mol. The normalized spacial score (nSPS) is 15.0. The Labute approximate surface area is 214 Å². The molecule has 35 heavy (non-hydrogen) atoms. The van der Waals surface area contributed by atoms with Gasteiger partial charge in [-0.05, 0) is 77.4 Å². The maximum Gasteiger partial charge on any atom is 0.324 e. The molecule has 0 spiro atoms. The summed E-state index contributed by atoms with van der Waals surface area (Å²) in [5.41, 5.74) is -1.33. The average Bonchev–Trinajstić information content (AvgIpc) is 2.89. The van der Waals surface area contributed by atoms with E-state index >= 15 is 0 Å². The van der Waals surface area contributed by atoms with Crippen molar-refractivity contribution in [1.82, 2.24) is 0 Å². The monoisotopic (exact) mass is 526 g/mol. The van der Waals surface area contributed by atoms with Gasteiger partial charge in [-0.1, -0.05) is 74.3 Å². The highest BCUT2D eigenvalue weighted by Crippen LogP contribution is 2.73. The third kappa shape index (κ3) is 9.04. The Balaban J connectivity index is 1.81. The van der Waals surface area contributed by atoms with Gasteiger partial charge in [0.1, 0.15) is 17.2 Å². The lowest BCUT2D eigenvalue weighted by atomic mass is 10.3. The second kappa shape index (κ2) is 13.9. The summed E-state index contributed by atoms with van der Waals surface area (Å²) in [5, 5.41) is 0. The zero-order chi connectivity index (χ0) is 24.9. The second-order valence-corrected chi connectivity index (χ2v) is 14.2. The van der Waals surface area contributed by atoms with Crippen LogP contribution in [0.4, 0.5) is 0 Å². The van der Waals surface area contributed by atoms with Gasteiger partial charge in [0.15, 0.2) is 10.9 Å². The van der Waals surface area contributed by atoms with Crippen LogP contribution in [-0.2, 0) is 9.09 Å². The molecule has 0 bridgehead atoms. The Bertz CT molecular complexity index is 971. The highest BCUT2D eigenvalue weighted by Gasteiger charge is 2.36. The summed E-state index contributed by atoms with van der Waals surface area (Å²) < 4.78 is 38.0. The van der Waals surface area contributed by atoms with Gasteiger partial charge in [0, 0.05) is 0 Å². The van der Waals surface area contributed by atoms with Crippen molar-refractivity contribution in [3.05, 3.63) is 129 Å². The van der Waals surface area contributed by atoms with Crippen molar-refractivity contribution in [3.8, 4) is 17.2 Å². The number of hydrogen-bond donors (Lipinski definition) is 0. The van der Waals surface area contributed by atoms with Crippen LogP contribution in [0.1, 0.15) is 0 Å². The molecule has 3 aromatic carbocycles. The number of ether oxygens (including phenoxy) is 3. The molecular weight excluding hydrogens is 499 g/mol. The minimum atomic E-state index is -3.60. The Morgan fingerprint density at radius 3 is 1.31 bits per heavy atom. The van der Waals surface area contributed by atoms with Crippen molar-refractivity contribution in [2.45, 2.75) is 17.2 Å². The summed E-state index contributed by atoms with van der Waals surface area (Å²) in [7, 11) is 0. The number of benzene rings is 3. The smallest absolute Gasteiger partial charge is 0.324 e. The van der Waals surface area contributed by atoms with E-state index in [4.69, 9.17) is 18.7 Å². The molecular formula is C27H27O5PS2. The Kier molecular flexibility index (Phi) is 10.6. The molecule has 0 radical (unpaired) electrons. The van der Waals surface area contributed by atoms with Crippen molar-refractivity contribution in [2.24, 2.45) is 0 Å². The largest absolute Gasteiger partial charge is 0.475 e. The highest BCUT2D eigenvalue weighted by atomic mass is 33.1. The fourth-order valence-electron chi connectivity index (χ4n) is 2.69. The molecule has 0 heterocycles. The summed E-state index contributed by atoms with van der Waals surface area (Å²) in [6.45, 7) is 11.5. The van der Waals surface area contributed by atoms with Crippen LogP contribution in [-0.4, -0.2) is 17.2 Å². The molecule has 0 amide bonds. The maximum absolute atomic E-state index is 14.2. The van der Waals surface area contributed by atoms with E-state index in [0.29, 0.717) is 17.2 Å². The third-order valence-corrected chi connectivity index (χ3v) is 11.1. The van der Waals surface area contributed by atoms with Gasteiger partial charge < -0.3 is 14.2 Å². The second-order valence-electron chi connectivity index (χ2n) is 6.87. The van der Waals surface area contributed by atoms with Crippen molar-refractivity contribution in [2.75, 3.05) is 0 Å². The first-order valence-electron chi connectivity index (χ1n) is 10.7. The van der Waals surface area contributed by atoms with Crippen molar-refractivity contribution in [1.29, 1.82) is 0 Å². The molecule has 0 saturated heterocycles. The van der Waals surface area contributed by atoms with E-state index in [9.17, 15) is 4.57 Å². The zero-order valence-electron chi connectivity index (χ0n) is 19.1. The maximum atomic E-state index is 14.2. The predicted octanol–water partition coefficient (Wildman–Crippen LogP) is 8.35. The summed E-state index contributed by atoms with van der Waals surface area (Å²) in [6, 6.07) is 27.5. The van der Waals surface area contributed by atoms with E-state index in [1.807, 2.05) is 78.9 Å². The SMILES string of the molecule is C=CC(Oc1ccccc1)OP(=O)(SC(C=C)Oc1ccccc1)SC(C=C)Oc1ccccc1. The zero-order valence-corrected chi connectivity index (χ0v) is 21.6. The first-order valence-corrected chi connectivity index (χ1v) is 15.3. The number of hydrogen-bond acceptors (Lipinski definition) is 7. The number of para-hydroxylation sites is 3. The van der Waals surface area contributed by atoms with Crippen LogP contribution in [0.2, 0.25) is 0 Å². The summed E-state index contributed by atoms with van der Waals surface area (Å²) in [6.07, 6.45) is 3.60. The van der Waals surface area contributed by atoms with Crippen LogP contribution in [0.25, 0.3) is 0 Å². The van der Waals surface area contributed by atoms with Crippen LogP contribution in [0, 0.1) is 0 Å². The van der Waals surface area contributed by atoms with E-state index in [1.165, 1.54) is 6.08 Å².